The summed E-state index contributed by atoms with van der Waals surface area (Å²) in [4.78, 5) is 51.3. The van der Waals surface area contributed by atoms with Gasteiger partial charge in [0.2, 0.25) is 0 Å². The van der Waals surface area contributed by atoms with Crippen LogP contribution in [0, 0.1) is 33.8 Å². The zero-order valence-electron chi connectivity index (χ0n) is 17.0. The summed E-state index contributed by atoms with van der Waals surface area (Å²) >= 11 is 6.24. The molecule has 32 heavy (non-hydrogen) atoms. The zero-order valence-corrected chi connectivity index (χ0v) is 17.8. The highest BCUT2D eigenvalue weighted by molar-refractivity contribution is 6.33. The van der Waals surface area contributed by atoms with Gasteiger partial charge in [-0.05, 0) is 43.2 Å². The number of carbonyl (C=O) groups excluding carboxylic acids is 3. The Labute approximate surface area is 188 Å². The molecule has 3 aliphatic rings. The Hall–Kier alpha value is -3.26. The number of hydrogen-bond acceptors (Lipinski definition) is 5. The maximum absolute atomic E-state index is 13.6. The van der Waals surface area contributed by atoms with Crippen LogP contribution in [0.1, 0.15) is 35.2 Å². The van der Waals surface area contributed by atoms with Crippen molar-refractivity contribution < 1.29 is 19.3 Å². The zero-order chi connectivity index (χ0) is 22.6. The molecule has 1 heterocycles. The first-order valence-electron chi connectivity index (χ1n) is 10.5. The Morgan fingerprint density at radius 3 is 2.25 bits per heavy atom. The van der Waals surface area contributed by atoms with E-state index in [-0.39, 0.29) is 40.2 Å². The van der Waals surface area contributed by atoms with Crippen molar-refractivity contribution in [2.45, 2.75) is 25.8 Å². The Bertz CT molecular complexity index is 1120. The highest BCUT2D eigenvalue weighted by atomic mass is 35.5. The highest BCUT2D eigenvalue weighted by Crippen LogP contribution is 2.56. The fourth-order valence-corrected chi connectivity index (χ4v) is 5.84. The normalized spacial score (nSPS) is 25.8. The van der Waals surface area contributed by atoms with Crippen molar-refractivity contribution in [1.82, 2.24) is 10.0 Å². The lowest BCUT2D eigenvalue weighted by Crippen LogP contribution is -2.50. The van der Waals surface area contributed by atoms with Crippen LogP contribution in [0.3, 0.4) is 0 Å². The van der Waals surface area contributed by atoms with Crippen LogP contribution in [0.15, 0.2) is 48.5 Å². The number of amides is 3. The third-order valence-corrected chi connectivity index (χ3v) is 7.32. The van der Waals surface area contributed by atoms with Gasteiger partial charge in [0.1, 0.15) is 0 Å². The van der Waals surface area contributed by atoms with E-state index in [0.717, 1.165) is 29.3 Å². The fraction of sp³-hybridized carbons (Fsp3) is 0.348. The molecule has 2 aromatic rings. The number of carbonyl (C=O) groups is 3. The van der Waals surface area contributed by atoms with Crippen LogP contribution >= 0.6 is 11.6 Å². The van der Waals surface area contributed by atoms with Gasteiger partial charge in [-0.1, -0.05) is 41.9 Å². The van der Waals surface area contributed by atoms with E-state index < -0.39 is 34.5 Å². The molecule has 0 unspecified atom stereocenters. The fourth-order valence-electron chi connectivity index (χ4n) is 5.62. The Kier molecular flexibility index (Phi) is 4.97. The molecule has 2 saturated carbocycles. The second-order valence-corrected chi connectivity index (χ2v) is 9.01. The minimum Gasteiger partial charge on any atom is -0.272 e. The number of hydrogen-bond donors (Lipinski definition) is 0. The van der Waals surface area contributed by atoms with E-state index in [1.807, 2.05) is 0 Å². The molecular formula is C23H20ClN3O5. The van der Waals surface area contributed by atoms with Crippen LogP contribution in [-0.2, 0) is 16.1 Å². The largest absolute Gasteiger partial charge is 0.274 e. The molecule has 8 nitrogen and oxygen atoms in total. The minimum absolute atomic E-state index is 0.119. The summed E-state index contributed by atoms with van der Waals surface area (Å²) < 4.78 is 0. The molecule has 3 amide bonds. The molecule has 164 valence electrons. The molecule has 3 fully saturated rings. The number of imide groups is 1. The minimum atomic E-state index is -0.650. The number of nitro groups is 1. The molecule has 2 bridgehead atoms. The number of nitro benzene ring substituents is 1. The van der Waals surface area contributed by atoms with E-state index in [9.17, 15) is 24.5 Å². The van der Waals surface area contributed by atoms with Gasteiger partial charge >= 0.3 is 0 Å². The van der Waals surface area contributed by atoms with Crippen molar-refractivity contribution in [2.75, 3.05) is 0 Å². The third kappa shape index (κ3) is 3.09. The summed E-state index contributed by atoms with van der Waals surface area (Å²) in [6.07, 6.45) is 2.67. The topological polar surface area (TPSA) is 101 Å². The van der Waals surface area contributed by atoms with E-state index in [2.05, 4.69) is 0 Å². The van der Waals surface area contributed by atoms with Gasteiger partial charge in [0.15, 0.2) is 0 Å². The lowest BCUT2D eigenvalue weighted by Gasteiger charge is -2.31. The van der Waals surface area contributed by atoms with E-state index in [4.69, 9.17) is 11.6 Å². The van der Waals surface area contributed by atoms with E-state index in [0.29, 0.717) is 0 Å². The van der Waals surface area contributed by atoms with Gasteiger partial charge < -0.3 is 0 Å². The average Bonchev–Trinajstić information content (AvgIpc) is 3.46. The van der Waals surface area contributed by atoms with Crippen LogP contribution in [0.2, 0.25) is 5.02 Å². The predicted molar refractivity (Wildman–Crippen MR) is 114 cm³/mol. The van der Waals surface area contributed by atoms with Gasteiger partial charge in [-0.2, -0.15) is 5.01 Å². The smallest absolute Gasteiger partial charge is 0.272 e. The summed E-state index contributed by atoms with van der Waals surface area (Å²) in [6, 6.07) is 12.3. The van der Waals surface area contributed by atoms with Crippen molar-refractivity contribution in [3.05, 3.63) is 74.8 Å². The lowest BCUT2D eigenvalue weighted by atomic mass is 9.81. The molecule has 0 aromatic heterocycles. The van der Waals surface area contributed by atoms with Crippen molar-refractivity contribution in [1.29, 1.82) is 0 Å². The van der Waals surface area contributed by atoms with Gasteiger partial charge in [-0.3, -0.25) is 24.5 Å². The molecular weight excluding hydrogens is 434 g/mol. The molecule has 1 aliphatic heterocycles. The van der Waals surface area contributed by atoms with Gasteiger partial charge in [-0.25, -0.2) is 5.01 Å². The van der Waals surface area contributed by atoms with Crippen molar-refractivity contribution in [3.8, 4) is 0 Å². The number of rotatable bonds is 5. The molecule has 2 aliphatic carbocycles. The van der Waals surface area contributed by atoms with Gasteiger partial charge in [0.05, 0.1) is 39.5 Å². The van der Waals surface area contributed by atoms with Crippen LogP contribution in [-0.4, -0.2) is 32.7 Å². The van der Waals surface area contributed by atoms with E-state index in [1.54, 1.807) is 24.3 Å². The summed E-state index contributed by atoms with van der Waals surface area (Å²) in [5.74, 6) is -1.99. The maximum Gasteiger partial charge on any atom is 0.274 e. The number of para-hydroxylation sites is 1. The van der Waals surface area contributed by atoms with Crippen LogP contribution < -0.4 is 0 Å². The van der Waals surface area contributed by atoms with Gasteiger partial charge in [0, 0.05) is 6.07 Å². The Morgan fingerprint density at radius 1 is 1.03 bits per heavy atom. The molecule has 5 rings (SSSR count). The number of halogens is 1. The first kappa shape index (κ1) is 20.6. The summed E-state index contributed by atoms with van der Waals surface area (Å²) in [5, 5.41) is 13.7. The molecule has 0 spiro atoms. The molecule has 4 atom stereocenters. The van der Waals surface area contributed by atoms with Crippen LogP contribution in [0.4, 0.5) is 5.69 Å². The molecule has 1 saturated heterocycles. The quantitative estimate of drug-likeness (QED) is 0.389. The highest BCUT2D eigenvalue weighted by Gasteiger charge is 2.62. The van der Waals surface area contributed by atoms with Crippen molar-refractivity contribution >= 4 is 35.0 Å². The molecule has 0 radical (unpaired) electrons. The summed E-state index contributed by atoms with van der Waals surface area (Å²) in [7, 11) is 0. The summed E-state index contributed by atoms with van der Waals surface area (Å²) in [5.41, 5.74) is 0.149. The van der Waals surface area contributed by atoms with E-state index >= 15 is 0 Å². The predicted octanol–water partition coefficient (Wildman–Crippen LogP) is 3.84. The number of fused-ring (bicyclic) bond motifs is 5. The molecule has 2 aromatic carbocycles. The number of benzene rings is 2. The SMILES string of the molecule is O=C(c1ccccc1Cl)N(Cc1ccccc1[N+](=O)[O-])N1C(=O)[C@@H]2[C@H]3CC[C@@H](C3)[C@H]2C1=O. The Balaban J connectivity index is 1.57. The lowest BCUT2D eigenvalue weighted by molar-refractivity contribution is -0.385. The van der Waals surface area contributed by atoms with Crippen molar-refractivity contribution in [3.63, 3.8) is 0 Å². The van der Waals surface area contributed by atoms with Gasteiger partial charge in [-0.15, -0.1) is 0 Å². The standard InChI is InChI=1S/C23H20ClN3O5/c24-17-7-3-2-6-16(17)21(28)25(12-15-5-1-4-8-18(15)27(31)32)26-22(29)19-13-9-10-14(11-13)20(19)23(26)30/h1-8,13-14,19-20H,9-12H2/t13-,14-,19+,20+/m0/s1. The first-order valence-corrected chi connectivity index (χ1v) is 10.9. The summed E-state index contributed by atoms with van der Waals surface area (Å²) in [6.45, 7) is -0.298. The second kappa shape index (κ2) is 7.70. The second-order valence-electron chi connectivity index (χ2n) is 8.60. The third-order valence-electron chi connectivity index (χ3n) is 6.99. The molecule has 0 N–H and O–H groups in total. The van der Waals surface area contributed by atoms with Crippen LogP contribution in [0.5, 0.6) is 0 Å². The van der Waals surface area contributed by atoms with Crippen LogP contribution in [0.25, 0.3) is 0 Å². The van der Waals surface area contributed by atoms with E-state index in [1.165, 1.54) is 24.3 Å². The molecule has 9 heteroatoms. The van der Waals surface area contributed by atoms with Gasteiger partial charge in [0.25, 0.3) is 23.4 Å². The maximum atomic E-state index is 13.6. The van der Waals surface area contributed by atoms with Crippen molar-refractivity contribution in [2.24, 2.45) is 23.7 Å². The number of hydrazine groups is 1. The number of nitrogens with zero attached hydrogens (tertiary/aromatic N) is 3. The average molecular weight is 454 g/mol. The first-order chi connectivity index (χ1) is 15.4. The monoisotopic (exact) mass is 453 g/mol. The Morgan fingerprint density at radius 2 is 1.62 bits per heavy atom.